The molecule has 0 atom stereocenters. The van der Waals surface area contributed by atoms with Gasteiger partial charge in [-0.05, 0) is 48.5 Å². The maximum Gasteiger partial charge on any atom is 0.0971 e. The molecule has 2 aromatic heterocycles. The van der Waals surface area contributed by atoms with Crippen LogP contribution in [-0.2, 0) is 32.0 Å². The minimum Gasteiger partial charge on any atom is -0.378 e. The van der Waals surface area contributed by atoms with Gasteiger partial charge in [0.15, 0.2) is 0 Å². The summed E-state index contributed by atoms with van der Waals surface area (Å²) in [4.78, 5) is 4.50. The first kappa shape index (κ1) is 32.5. The van der Waals surface area contributed by atoms with Crippen molar-refractivity contribution in [1.82, 2.24) is 39.8 Å². The topological polar surface area (TPSA) is 105 Å². The molecule has 4 aromatic rings. The predicted octanol–water partition coefficient (Wildman–Crippen LogP) is 3.54. The van der Waals surface area contributed by atoms with E-state index in [-0.39, 0.29) is 0 Å². The van der Waals surface area contributed by atoms with E-state index >= 15 is 0 Å². The smallest absolute Gasteiger partial charge is 0.0971 e. The van der Waals surface area contributed by atoms with Crippen molar-refractivity contribution in [2.75, 3.05) is 79.0 Å². The van der Waals surface area contributed by atoms with Gasteiger partial charge < -0.3 is 18.9 Å². The van der Waals surface area contributed by atoms with E-state index in [0.717, 1.165) is 48.9 Å². The largest absolute Gasteiger partial charge is 0.378 e. The van der Waals surface area contributed by atoms with Crippen LogP contribution in [-0.4, -0.2) is 119 Å². The molecule has 3 heterocycles. The number of nitrogens with zero attached hydrogens (tertiary/aromatic N) is 8. The lowest BCUT2D eigenvalue weighted by Gasteiger charge is -2.22. The summed E-state index contributed by atoms with van der Waals surface area (Å²) in [5.41, 5.74) is 3.55. The van der Waals surface area contributed by atoms with Crippen LogP contribution in [0.25, 0.3) is 11.4 Å². The molecule has 0 radical (unpaired) electrons. The van der Waals surface area contributed by atoms with Crippen molar-refractivity contribution in [3.63, 3.8) is 0 Å². The molecule has 0 aliphatic carbocycles. The van der Waals surface area contributed by atoms with Crippen molar-refractivity contribution in [2.24, 2.45) is 0 Å². The Balaban J connectivity index is 1.08. The Hall–Kier alpha value is -2.94. The maximum atomic E-state index is 6.01. The fourth-order valence-corrected chi connectivity index (χ4v) is 4.85. The number of benzene rings is 2. The van der Waals surface area contributed by atoms with Crippen molar-refractivity contribution < 1.29 is 18.9 Å². The van der Waals surface area contributed by atoms with Crippen molar-refractivity contribution in [3.8, 4) is 11.4 Å². The van der Waals surface area contributed by atoms with Crippen LogP contribution in [0.5, 0.6) is 0 Å². The number of aromatic nitrogens is 6. The Kier molecular flexibility index (Phi) is 12.9. The first-order valence-corrected chi connectivity index (χ1v) is 15.5. The zero-order valence-electron chi connectivity index (χ0n) is 24.6. The molecule has 1 aliphatic rings. The Labute approximate surface area is 267 Å². The van der Waals surface area contributed by atoms with Gasteiger partial charge in [0.1, 0.15) is 0 Å². The van der Waals surface area contributed by atoms with Crippen molar-refractivity contribution in [3.05, 3.63) is 82.4 Å². The second-order valence-corrected chi connectivity index (χ2v) is 11.1. The van der Waals surface area contributed by atoms with E-state index < -0.39 is 0 Å². The minimum atomic E-state index is 0.523. The third-order valence-corrected chi connectivity index (χ3v) is 7.49. The van der Waals surface area contributed by atoms with E-state index in [1.54, 1.807) is 9.36 Å². The van der Waals surface area contributed by atoms with Crippen LogP contribution >= 0.6 is 23.2 Å². The van der Waals surface area contributed by atoms with E-state index in [0.29, 0.717) is 76.0 Å². The summed E-state index contributed by atoms with van der Waals surface area (Å²) in [6.07, 6.45) is 3.87. The van der Waals surface area contributed by atoms with Gasteiger partial charge in [0.2, 0.25) is 0 Å². The Morgan fingerprint density at radius 1 is 0.500 bits per heavy atom. The summed E-state index contributed by atoms with van der Waals surface area (Å²) in [6.45, 7) is 8.61. The van der Waals surface area contributed by atoms with E-state index in [2.05, 4.69) is 30.4 Å². The molecule has 0 saturated carbocycles. The van der Waals surface area contributed by atoms with Gasteiger partial charge in [-0.15, -0.1) is 10.2 Å². The van der Waals surface area contributed by atoms with Crippen LogP contribution in [0, 0.1) is 0 Å². The van der Waals surface area contributed by atoms with Gasteiger partial charge >= 0.3 is 0 Å². The molecule has 14 heteroatoms. The van der Waals surface area contributed by atoms with E-state index in [1.165, 1.54) is 0 Å². The van der Waals surface area contributed by atoms with Crippen LogP contribution in [0.1, 0.15) is 11.4 Å². The zero-order valence-corrected chi connectivity index (χ0v) is 26.2. The van der Waals surface area contributed by atoms with Crippen LogP contribution in [0.3, 0.4) is 0 Å². The van der Waals surface area contributed by atoms with E-state index in [1.807, 2.05) is 60.9 Å². The summed E-state index contributed by atoms with van der Waals surface area (Å²) in [6, 6.07) is 15.0. The van der Waals surface area contributed by atoms with Crippen LogP contribution in [0.4, 0.5) is 0 Å². The average Bonchev–Trinajstić information content (AvgIpc) is 3.70. The van der Waals surface area contributed by atoms with E-state index in [9.17, 15) is 0 Å². The highest BCUT2D eigenvalue weighted by molar-refractivity contribution is 6.30. The molecule has 44 heavy (non-hydrogen) atoms. The lowest BCUT2D eigenvalue weighted by Crippen LogP contribution is -2.33. The molecule has 2 aromatic carbocycles. The molecule has 1 aliphatic heterocycles. The molecular formula is C30H38Cl2N8O4. The lowest BCUT2D eigenvalue weighted by molar-refractivity contribution is 0.00598. The normalized spacial score (nSPS) is 17.7. The van der Waals surface area contributed by atoms with Gasteiger partial charge in [-0.2, -0.15) is 0 Å². The minimum absolute atomic E-state index is 0.523. The second-order valence-electron chi connectivity index (χ2n) is 10.3. The highest BCUT2D eigenvalue weighted by atomic mass is 35.5. The van der Waals surface area contributed by atoms with Gasteiger partial charge in [-0.25, -0.2) is 9.36 Å². The first-order chi connectivity index (χ1) is 21.6. The molecule has 1 saturated heterocycles. The first-order valence-electron chi connectivity index (χ1n) is 14.7. The van der Waals surface area contributed by atoms with Gasteiger partial charge in [0.25, 0.3) is 0 Å². The quantitative estimate of drug-likeness (QED) is 0.309. The predicted molar refractivity (Wildman–Crippen MR) is 167 cm³/mol. The van der Waals surface area contributed by atoms with Crippen LogP contribution < -0.4 is 0 Å². The second kappa shape index (κ2) is 17.5. The number of hydrogen-bond donors (Lipinski definition) is 0. The fourth-order valence-electron chi connectivity index (χ4n) is 4.60. The number of rotatable bonds is 6. The third kappa shape index (κ3) is 10.6. The summed E-state index contributed by atoms with van der Waals surface area (Å²) in [5, 5.41) is 18.6. The molecule has 12 nitrogen and oxygen atoms in total. The van der Waals surface area contributed by atoms with Gasteiger partial charge in [0.05, 0.1) is 88.0 Å². The molecule has 0 amide bonds. The molecule has 0 spiro atoms. The SMILES string of the molecule is Clc1ccc(-n2cc(CN3CCOCCOCCN(Cc4cn(-c5ccc(Cl)cc5)nn4)CCOCCOCC3)nn2)cc1. The molecule has 1 fully saturated rings. The van der Waals surface area contributed by atoms with Gasteiger partial charge in [-0.3, -0.25) is 9.80 Å². The maximum absolute atomic E-state index is 6.01. The zero-order chi connectivity index (χ0) is 30.4. The van der Waals surface area contributed by atoms with Crippen LogP contribution in [0.15, 0.2) is 60.9 Å². The Morgan fingerprint density at radius 2 is 0.841 bits per heavy atom. The van der Waals surface area contributed by atoms with Crippen molar-refractivity contribution >= 4 is 23.2 Å². The number of ether oxygens (including phenoxy) is 4. The summed E-state index contributed by atoms with van der Waals surface area (Å²) in [5.74, 6) is 0. The molecule has 236 valence electrons. The number of hydrogen-bond acceptors (Lipinski definition) is 10. The van der Waals surface area contributed by atoms with Crippen LogP contribution in [0.2, 0.25) is 10.0 Å². The molecule has 0 N–H and O–H groups in total. The van der Waals surface area contributed by atoms with Gasteiger partial charge in [-0.1, -0.05) is 33.6 Å². The third-order valence-electron chi connectivity index (χ3n) is 6.99. The van der Waals surface area contributed by atoms with Gasteiger partial charge in [0, 0.05) is 49.3 Å². The summed E-state index contributed by atoms with van der Waals surface area (Å²) >= 11 is 12.0. The molecule has 5 rings (SSSR count). The summed E-state index contributed by atoms with van der Waals surface area (Å²) in [7, 11) is 0. The molecule has 0 bridgehead atoms. The standard InChI is InChI=1S/C30H38Cl2N8O4/c31-25-1-5-29(6-2-25)39-23-27(33-35-39)21-37-9-13-41-17-19-43-15-11-38(12-16-44-20-18-42-14-10-37)22-28-24-40(36-34-28)30-7-3-26(32)4-8-30/h1-8,23-24H,9-22H2. The Bertz CT molecular complexity index is 1260. The Morgan fingerprint density at radius 3 is 1.18 bits per heavy atom. The average molecular weight is 646 g/mol. The molecular weight excluding hydrogens is 607 g/mol. The number of halogens is 2. The molecule has 0 unspecified atom stereocenters. The highest BCUT2D eigenvalue weighted by Gasteiger charge is 2.13. The van der Waals surface area contributed by atoms with Crippen molar-refractivity contribution in [2.45, 2.75) is 13.1 Å². The summed E-state index contributed by atoms with van der Waals surface area (Å²) < 4.78 is 27.0. The van der Waals surface area contributed by atoms with E-state index in [4.69, 9.17) is 42.1 Å². The monoisotopic (exact) mass is 644 g/mol. The fraction of sp³-hybridized carbons (Fsp3) is 0.467. The highest BCUT2D eigenvalue weighted by Crippen LogP contribution is 2.14. The van der Waals surface area contributed by atoms with Crippen molar-refractivity contribution in [1.29, 1.82) is 0 Å². The lowest BCUT2D eigenvalue weighted by atomic mass is 10.3.